The van der Waals surface area contributed by atoms with Crippen LogP contribution < -0.4 is 0 Å². The van der Waals surface area contributed by atoms with Gasteiger partial charge in [-0.2, -0.15) is 0 Å². The minimum Gasteiger partial charge on any atom is -0.278 e. The van der Waals surface area contributed by atoms with E-state index in [2.05, 4.69) is 24.2 Å². The average Bonchev–Trinajstić information content (AvgIpc) is 2.28. The van der Waals surface area contributed by atoms with Crippen LogP contribution in [0.3, 0.4) is 0 Å². The molecule has 0 aliphatic rings. The SMILES string of the molecule is CCCN(CCC)/N=N/c1ccccc1. The Labute approximate surface area is 91.8 Å². The van der Waals surface area contributed by atoms with Gasteiger partial charge in [-0.25, -0.2) is 0 Å². The third-order valence-electron chi connectivity index (χ3n) is 2.01. The summed E-state index contributed by atoms with van der Waals surface area (Å²) in [6.45, 7) is 6.26. The van der Waals surface area contributed by atoms with E-state index in [0.29, 0.717) is 0 Å². The lowest BCUT2D eigenvalue weighted by Gasteiger charge is -2.14. The molecular weight excluding hydrogens is 186 g/mol. The predicted molar refractivity (Wildman–Crippen MR) is 63.1 cm³/mol. The third-order valence-corrected chi connectivity index (χ3v) is 2.01. The van der Waals surface area contributed by atoms with E-state index in [1.807, 2.05) is 35.3 Å². The molecule has 15 heavy (non-hydrogen) atoms. The fourth-order valence-electron chi connectivity index (χ4n) is 1.33. The maximum Gasteiger partial charge on any atom is 0.0874 e. The van der Waals surface area contributed by atoms with Gasteiger partial charge in [0.1, 0.15) is 0 Å². The number of nitrogens with zero attached hydrogens (tertiary/aromatic N) is 3. The van der Waals surface area contributed by atoms with Crippen molar-refractivity contribution in [2.75, 3.05) is 13.1 Å². The summed E-state index contributed by atoms with van der Waals surface area (Å²) in [5.41, 5.74) is 0.912. The normalized spacial score (nSPS) is 10.8. The lowest BCUT2D eigenvalue weighted by atomic mass is 10.3. The van der Waals surface area contributed by atoms with Gasteiger partial charge in [0.2, 0.25) is 0 Å². The Balaban J connectivity index is 2.53. The zero-order valence-electron chi connectivity index (χ0n) is 9.56. The van der Waals surface area contributed by atoms with Crippen LogP contribution in [0.5, 0.6) is 0 Å². The highest BCUT2D eigenvalue weighted by atomic mass is 15.5. The highest BCUT2D eigenvalue weighted by molar-refractivity contribution is 5.34. The lowest BCUT2D eigenvalue weighted by molar-refractivity contribution is 0.271. The van der Waals surface area contributed by atoms with Gasteiger partial charge in [-0.05, 0) is 25.0 Å². The zero-order chi connectivity index (χ0) is 10.9. The van der Waals surface area contributed by atoms with Crippen molar-refractivity contribution in [2.24, 2.45) is 10.3 Å². The quantitative estimate of drug-likeness (QED) is 0.512. The van der Waals surface area contributed by atoms with Crippen LogP contribution in [0.4, 0.5) is 5.69 Å². The van der Waals surface area contributed by atoms with Gasteiger partial charge in [0.05, 0.1) is 5.69 Å². The van der Waals surface area contributed by atoms with Crippen LogP contribution in [0.15, 0.2) is 40.7 Å². The molecule has 0 saturated carbocycles. The molecule has 0 amide bonds. The molecule has 1 rings (SSSR count). The summed E-state index contributed by atoms with van der Waals surface area (Å²) in [6, 6.07) is 9.84. The van der Waals surface area contributed by atoms with E-state index in [4.69, 9.17) is 0 Å². The van der Waals surface area contributed by atoms with Crippen molar-refractivity contribution in [1.29, 1.82) is 0 Å². The van der Waals surface area contributed by atoms with Crippen molar-refractivity contribution in [2.45, 2.75) is 26.7 Å². The van der Waals surface area contributed by atoms with Gasteiger partial charge in [-0.1, -0.05) is 37.3 Å². The van der Waals surface area contributed by atoms with Crippen LogP contribution in [0.25, 0.3) is 0 Å². The van der Waals surface area contributed by atoms with Crippen molar-refractivity contribution < 1.29 is 0 Å². The van der Waals surface area contributed by atoms with E-state index in [1.54, 1.807) is 0 Å². The number of hydrogen-bond donors (Lipinski definition) is 0. The monoisotopic (exact) mass is 205 g/mol. The van der Waals surface area contributed by atoms with Crippen molar-refractivity contribution in [3.63, 3.8) is 0 Å². The first-order valence-electron chi connectivity index (χ1n) is 5.58. The predicted octanol–water partition coefficient (Wildman–Crippen LogP) is 3.81. The van der Waals surface area contributed by atoms with Crippen molar-refractivity contribution in [3.8, 4) is 0 Å². The Bertz CT molecular complexity index is 276. The van der Waals surface area contributed by atoms with E-state index in [-0.39, 0.29) is 0 Å². The zero-order valence-corrected chi connectivity index (χ0v) is 9.56. The van der Waals surface area contributed by atoms with E-state index in [9.17, 15) is 0 Å². The first-order valence-corrected chi connectivity index (χ1v) is 5.58. The molecule has 0 aliphatic heterocycles. The Morgan fingerprint density at radius 3 is 2.13 bits per heavy atom. The highest BCUT2D eigenvalue weighted by Crippen LogP contribution is 2.11. The smallest absolute Gasteiger partial charge is 0.0874 e. The topological polar surface area (TPSA) is 28.0 Å². The molecule has 3 heteroatoms. The minimum atomic E-state index is 0.912. The van der Waals surface area contributed by atoms with Crippen LogP contribution in [-0.2, 0) is 0 Å². The van der Waals surface area contributed by atoms with Crippen LogP contribution in [0, 0.1) is 0 Å². The summed E-state index contributed by atoms with van der Waals surface area (Å²) in [4.78, 5) is 0. The van der Waals surface area contributed by atoms with Gasteiger partial charge in [0.15, 0.2) is 0 Å². The molecule has 0 unspecified atom stereocenters. The van der Waals surface area contributed by atoms with Crippen LogP contribution in [0.1, 0.15) is 26.7 Å². The molecule has 0 saturated heterocycles. The fraction of sp³-hybridized carbons (Fsp3) is 0.500. The summed E-state index contributed by atoms with van der Waals surface area (Å²) in [7, 11) is 0. The molecule has 0 bridgehead atoms. The summed E-state index contributed by atoms with van der Waals surface area (Å²) in [6.07, 6.45) is 2.21. The van der Waals surface area contributed by atoms with Crippen molar-refractivity contribution in [1.82, 2.24) is 5.01 Å². The molecule has 0 aromatic heterocycles. The molecule has 0 heterocycles. The molecule has 0 aliphatic carbocycles. The van der Waals surface area contributed by atoms with Crippen LogP contribution in [0.2, 0.25) is 0 Å². The molecule has 1 aromatic carbocycles. The molecule has 0 fully saturated rings. The largest absolute Gasteiger partial charge is 0.278 e. The number of benzene rings is 1. The molecule has 0 spiro atoms. The van der Waals surface area contributed by atoms with Gasteiger partial charge in [-0.15, -0.1) is 5.11 Å². The van der Waals surface area contributed by atoms with E-state index >= 15 is 0 Å². The first-order chi connectivity index (χ1) is 7.36. The average molecular weight is 205 g/mol. The van der Waals surface area contributed by atoms with Crippen molar-refractivity contribution >= 4 is 5.69 Å². The molecule has 0 atom stereocenters. The summed E-state index contributed by atoms with van der Waals surface area (Å²) in [5.74, 6) is 0. The van der Waals surface area contributed by atoms with Gasteiger partial charge < -0.3 is 0 Å². The Morgan fingerprint density at radius 1 is 1.00 bits per heavy atom. The molecule has 3 nitrogen and oxygen atoms in total. The van der Waals surface area contributed by atoms with E-state index in [1.165, 1.54) is 0 Å². The van der Waals surface area contributed by atoms with Crippen LogP contribution in [-0.4, -0.2) is 18.1 Å². The third kappa shape index (κ3) is 4.58. The summed E-state index contributed by atoms with van der Waals surface area (Å²) >= 11 is 0. The maximum atomic E-state index is 4.23. The van der Waals surface area contributed by atoms with Gasteiger partial charge in [0, 0.05) is 13.1 Å². The Morgan fingerprint density at radius 2 is 1.60 bits per heavy atom. The Kier molecular flexibility index (Phi) is 5.44. The second-order valence-corrected chi connectivity index (χ2v) is 3.48. The second-order valence-electron chi connectivity index (χ2n) is 3.48. The summed E-state index contributed by atoms with van der Waals surface area (Å²) in [5, 5.41) is 10.4. The van der Waals surface area contributed by atoms with Gasteiger partial charge in [0.25, 0.3) is 0 Å². The van der Waals surface area contributed by atoms with Crippen molar-refractivity contribution in [3.05, 3.63) is 30.3 Å². The number of hydrogen-bond acceptors (Lipinski definition) is 2. The summed E-state index contributed by atoms with van der Waals surface area (Å²) < 4.78 is 0. The fourth-order valence-corrected chi connectivity index (χ4v) is 1.33. The molecular formula is C12H19N3. The second kappa shape index (κ2) is 6.98. The molecule has 0 N–H and O–H groups in total. The number of rotatable bonds is 6. The van der Waals surface area contributed by atoms with E-state index in [0.717, 1.165) is 31.6 Å². The van der Waals surface area contributed by atoms with Gasteiger partial charge >= 0.3 is 0 Å². The lowest BCUT2D eigenvalue weighted by Crippen LogP contribution is -2.18. The minimum absolute atomic E-state index is 0.912. The first kappa shape index (κ1) is 11.7. The maximum absolute atomic E-state index is 4.23. The molecule has 1 aromatic rings. The molecule has 0 radical (unpaired) electrons. The van der Waals surface area contributed by atoms with E-state index < -0.39 is 0 Å². The molecule has 82 valence electrons. The van der Waals surface area contributed by atoms with Gasteiger partial charge in [-0.3, -0.25) is 5.01 Å². The Hall–Kier alpha value is -1.38. The standard InChI is InChI=1S/C12H19N3/c1-3-10-15(11-4-2)14-13-12-8-6-5-7-9-12/h5-9H,3-4,10-11H2,1-2H3/b14-13+. The highest BCUT2D eigenvalue weighted by Gasteiger charge is 1.97. The van der Waals surface area contributed by atoms with Crippen LogP contribution >= 0.6 is 0 Å².